The van der Waals surface area contributed by atoms with Gasteiger partial charge in [0.2, 0.25) is 15.9 Å². The average Bonchev–Trinajstić information content (AvgIpc) is 2.86. The maximum absolute atomic E-state index is 13.2. The number of nitrogens with one attached hydrogen (secondary N) is 1. The normalized spacial score (nSPS) is 18.5. The van der Waals surface area contributed by atoms with Gasteiger partial charge in [0.1, 0.15) is 10.6 Å². The molecule has 0 spiro atoms. The molecule has 1 atom stereocenters. The van der Waals surface area contributed by atoms with Crippen molar-refractivity contribution in [2.75, 3.05) is 21.4 Å². The molecule has 1 fully saturated rings. The first-order valence-corrected chi connectivity index (χ1v) is 12.5. The van der Waals surface area contributed by atoms with Crippen molar-refractivity contribution in [3.63, 3.8) is 0 Å². The summed E-state index contributed by atoms with van der Waals surface area (Å²) < 4.78 is 60.1. The first-order valence-electron chi connectivity index (χ1n) is 9.40. The molecule has 0 bridgehead atoms. The average molecular weight is 453 g/mol. The highest BCUT2D eigenvalue weighted by atomic mass is 32.2. The molecule has 162 valence electrons. The zero-order valence-electron chi connectivity index (χ0n) is 17.2. The van der Waals surface area contributed by atoms with Crippen LogP contribution in [0.4, 0.5) is 11.4 Å². The number of carbonyl (C=O) groups is 1. The molecule has 1 amide bonds. The van der Waals surface area contributed by atoms with Gasteiger partial charge in [0.05, 0.1) is 29.7 Å². The number of anilines is 2. The van der Waals surface area contributed by atoms with E-state index < -0.39 is 31.9 Å². The third kappa shape index (κ3) is 4.01. The van der Waals surface area contributed by atoms with Crippen molar-refractivity contribution in [3.05, 3.63) is 47.5 Å². The van der Waals surface area contributed by atoms with Crippen LogP contribution in [0.25, 0.3) is 0 Å². The zero-order chi connectivity index (χ0) is 22.3. The van der Waals surface area contributed by atoms with E-state index in [1.807, 2.05) is 6.07 Å². The van der Waals surface area contributed by atoms with E-state index in [1.165, 1.54) is 19.1 Å². The standard InChI is InChI=1S/C20H24N2O6S2/c1-5-28-17-10-9-16(22-20(23)15(4)12-29(22,24)25)11-18(17)30(26,27)21-19-13(2)7-6-8-14(19)3/h6-11,15,21H,5,12H2,1-4H3. The van der Waals surface area contributed by atoms with Crippen molar-refractivity contribution in [1.29, 1.82) is 0 Å². The number of aryl methyl sites for hydroxylation is 2. The molecule has 1 aliphatic rings. The quantitative estimate of drug-likeness (QED) is 0.722. The van der Waals surface area contributed by atoms with Crippen LogP contribution in [-0.2, 0) is 24.8 Å². The van der Waals surface area contributed by atoms with E-state index in [0.29, 0.717) is 9.99 Å². The molecule has 1 saturated heterocycles. The van der Waals surface area contributed by atoms with Crippen LogP contribution in [0, 0.1) is 19.8 Å². The Morgan fingerprint density at radius 3 is 2.33 bits per heavy atom. The summed E-state index contributed by atoms with van der Waals surface area (Å²) in [5.41, 5.74) is 1.87. The van der Waals surface area contributed by atoms with Crippen LogP contribution < -0.4 is 13.8 Å². The number of nitrogens with zero attached hydrogens (tertiary/aromatic N) is 1. The van der Waals surface area contributed by atoms with Gasteiger partial charge in [-0.1, -0.05) is 25.1 Å². The fourth-order valence-corrected chi connectivity index (χ4v) is 6.54. The highest BCUT2D eigenvalue weighted by molar-refractivity contribution is 7.94. The highest BCUT2D eigenvalue weighted by Crippen LogP contribution is 2.35. The number of benzene rings is 2. The fraction of sp³-hybridized carbons (Fsp3) is 0.350. The Hall–Kier alpha value is -2.59. The number of hydrogen-bond donors (Lipinski definition) is 1. The lowest BCUT2D eigenvalue weighted by Gasteiger charge is -2.19. The van der Waals surface area contributed by atoms with Gasteiger partial charge in [0.15, 0.2) is 0 Å². The molecule has 0 saturated carbocycles. The highest BCUT2D eigenvalue weighted by Gasteiger charge is 2.42. The van der Waals surface area contributed by atoms with Crippen LogP contribution in [0.15, 0.2) is 41.3 Å². The van der Waals surface area contributed by atoms with E-state index in [1.54, 1.807) is 32.9 Å². The molecular weight excluding hydrogens is 428 g/mol. The molecule has 1 unspecified atom stereocenters. The number of para-hydroxylation sites is 1. The summed E-state index contributed by atoms with van der Waals surface area (Å²) in [6, 6.07) is 9.28. The van der Waals surface area contributed by atoms with Gasteiger partial charge in [-0.05, 0) is 50.1 Å². The zero-order valence-corrected chi connectivity index (χ0v) is 18.8. The van der Waals surface area contributed by atoms with Crippen molar-refractivity contribution in [1.82, 2.24) is 0 Å². The summed E-state index contributed by atoms with van der Waals surface area (Å²) in [5, 5.41) is 0. The smallest absolute Gasteiger partial charge is 0.265 e. The number of amides is 1. The van der Waals surface area contributed by atoms with Crippen LogP contribution in [0.1, 0.15) is 25.0 Å². The van der Waals surface area contributed by atoms with E-state index in [4.69, 9.17) is 4.74 Å². The summed E-state index contributed by atoms with van der Waals surface area (Å²) in [6.45, 7) is 7.00. The van der Waals surface area contributed by atoms with Gasteiger partial charge in [0, 0.05) is 0 Å². The lowest BCUT2D eigenvalue weighted by atomic mass is 10.1. The molecule has 1 aliphatic heterocycles. The van der Waals surface area contributed by atoms with Crippen molar-refractivity contribution >= 4 is 37.3 Å². The van der Waals surface area contributed by atoms with Crippen LogP contribution >= 0.6 is 0 Å². The maximum atomic E-state index is 13.2. The van der Waals surface area contributed by atoms with Gasteiger partial charge in [-0.25, -0.2) is 21.1 Å². The van der Waals surface area contributed by atoms with Gasteiger partial charge < -0.3 is 4.74 Å². The second-order valence-corrected chi connectivity index (χ2v) is 10.7. The number of hydrogen-bond acceptors (Lipinski definition) is 6. The van der Waals surface area contributed by atoms with Gasteiger partial charge in [0.25, 0.3) is 10.0 Å². The largest absolute Gasteiger partial charge is 0.492 e. The summed E-state index contributed by atoms with van der Waals surface area (Å²) in [5.74, 6) is -1.54. The van der Waals surface area contributed by atoms with Crippen molar-refractivity contribution in [2.24, 2.45) is 5.92 Å². The van der Waals surface area contributed by atoms with E-state index in [2.05, 4.69) is 4.72 Å². The molecule has 3 rings (SSSR count). The molecule has 2 aromatic carbocycles. The Kier molecular flexibility index (Phi) is 5.83. The number of ether oxygens (including phenoxy) is 1. The second-order valence-electron chi connectivity index (χ2n) is 7.22. The summed E-state index contributed by atoms with van der Waals surface area (Å²) >= 11 is 0. The van der Waals surface area contributed by atoms with Crippen LogP contribution in [-0.4, -0.2) is 35.1 Å². The minimum atomic E-state index is -4.14. The summed E-state index contributed by atoms with van der Waals surface area (Å²) in [4.78, 5) is 12.2. The lowest BCUT2D eigenvalue weighted by molar-refractivity contribution is -0.119. The van der Waals surface area contributed by atoms with Crippen LogP contribution in [0.2, 0.25) is 0 Å². The molecule has 0 aromatic heterocycles. The SMILES string of the molecule is CCOc1ccc(N2C(=O)C(C)CS2(=O)=O)cc1S(=O)(=O)Nc1c(C)cccc1C. The van der Waals surface area contributed by atoms with Crippen molar-refractivity contribution in [3.8, 4) is 5.75 Å². The molecular formula is C20H24N2O6S2. The molecule has 0 radical (unpaired) electrons. The third-order valence-corrected chi connectivity index (χ3v) is 8.07. The van der Waals surface area contributed by atoms with Gasteiger partial charge >= 0.3 is 0 Å². The van der Waals surface area contributed by atoms with E-state index in [9.17, 15) is 21.6 Å². The van der Waals surface area contributed by atoms with Crippen molar-refractivity contribution in [2.45, 2.75) is 32.6 Å². The molecule has 8 nitrogen and oxygen atoms in total. The van der Waals surface area contributed by atoms with Crippen LogP contribution in [0.3, 0.4) is 0 Å². The maximum Gasteiger partial charge on any atom is 0.265 e. The van der Waals surface area contributed by atoms with E-state index in [-0.39, 0.29) is 28.7 Å². The van der Waals surface area contributed by atoms with Crippen molar-refractivity contribution < 1.29 is 26.4 Å². The molecule has 1 heterocycles. The van der Waals surface area contributed by atoms with Gasteiger partial charge in [-0.3, -0.25) is 9.52 Å². The fourth-order valence-electron chi connectivity index (χ4n) is 3.36. The predicted octanol–water partition coefficient (Wildman–Crippen LogP) is 2.82. The Labute approximate surface area is 177 Å². The van der Waals surface area contributed by atoms with Gasteiger partial charge in [-0.15, -0.1) is 0 Å². The summed E-state index contributed by atoms with van der Waals surface area (Å²) in [7, 11) is -8.01. The molecule has 2 aromatic rings. The summed E-state index contributed by atoms with van der Waals surface area (Å²) in [6.07, 6.45) is 0. The number of sulfonamides is 2. The predicted molar refractivity (Wildman–Crippen MR) is 115 cm³/mol. The first kappa shape index (κ1) is 22.1. The minimum Gasteiger partial charge on any atom is -0.492 e. The molecule has 30 heavy (non-hydrogen) atoms. The molecule has 0 aliphatic carbocycles. The second kappa shape index (κ2) is 7.92. The Morgan fingerprint density at radius 1 is 1.17 bits per heavy atom. The Bertz CT molecular complexity index is 1190. The Morgan fingerprint density at radius 2 is 1.80 bits per heavy atom. The topological polar surface area (TPSA) is 110 Å². The lowest BCUT2D eigenvalue weighted by Crippen LogP contribution is -2.30. The van der Waals surface area contributed by atoms with Gasteiger partial charge in [-0.2, -0.15) is 0 Å². The van der Waals surface area contributed by atoms with E-state index >= 15 is 0 Å². The number of carbonyl (C=O) groups excluding carboxylic acids is 1. The minimum absolute atomic E-state index is 0.0327. The molecule has 1 N–H and O–H groups in total. The van der Waals surface area contributed by atoms with Crippen LogP contribution in [0.5, 0.6) is 5.75 Å². The molecule has 10 heteroatoms. The third-order valence-electron chi connectivity index (χ3n) is 4.83. The first-order chi connectivity index (χ1) is 14.0. The van der Waals surface area contributed by atoms with E-state index in [0.717, 1.165) is 17.2 Å². The Balaban J connectivity index is 2.13. The monoisotopic (exact) mass is 452 g/mol. The number of rotatable bonds is 6.